The minimum atomic E-state index is -0.293. The Morgan fingerprint density at radius 1 is 1.24 bits per heavy atom. The number of ether oxygens (including phenoxy) is 1. The molecule has 0 atom stereocenters. The second kappa shape index (κ2) is 5.25. The van der Waals surface area contributed by atoms with Crippen LogP contribution >= 0.6 is 0 Å². The van der Waals surface area contributed by atoms with Gasteiger partial charge in [-0.15, -0.1) is 0 Å². The van der Waals surface area contributed by atoms with Gasteiger partial charge in [0.25, 0.3) is 0 Å². The third-order valence-electron chi connectivity index (χ3n) is 2.37. The molecule has 0 fully saturated rings. The SMILES string of the molecule is CCOC(=O)c1cccc(-c2cccnc2)c1. The van der Waals surface area contributed by atoms with Gasteiger partial charge in [-0.05, 0) is 30.7 Å². The highest BCUT2D eigenvalue weighted by Crippen LogP contribution is 2.19. The van der Waals surface area contributed by atoms with E-state index >= 15 is 0 Å². The van der Waals surface area contributed by atoms with Crippen LogP contribution in [0.25, 0.3) is 11.1 Å². The molecule has 0 saturated heterocycles. The van der Waals surface area contributed by atoms with Gasteiger partial charge in [-0.1, -0.05) is 18.2 Å². The van der Waals surface area contributed by atoms with Gasteiger partial charge < -0.3 is 4.74 Å². The first-order valence-electron chi connectivity index (χ1n) is 5.49. The molecule has 3 heteroatoms. The smallest absolute Gasteiger partial charge is 0.338 e. The van der Waals surface area contributed by atoms with Crippen molar-refractivity contribution in [3.63, 3.8) is 0 Å². The van der Waals surface area contributed by atoms with Crippen LogP contribution in [0.15, 0.2) is 48.8 Å². The molecule has 0 N–H and O–H groups in total. The summed E-state index contributed by atoms with van der Waals surface area (Å²) in [6.45, 7) is 2.18. The fourth-order valence-electron chi connectivity index (χ4n) is 1.57. The number of rotatable bonds is 3. The van der Waals surface area contributed by atoms with Crippen LogP contribution in [0.2, 0.25) is 0 Å². The fraction of sp³-hybridized carbons (Fsp3) is 0.143. The van der Waals surface area contributed by atoms with Gasteiger partial charge in [-0.25, -0.2) is 4.79 Å². The van der Waals surface area contributed by atoms with Crippen LogP contribution in [0, 0.1) is 0 Å². The highest BCUT2D eigenvalue weighted by Gasteiger charge is 2.07. The highest BCUT2D eigenvalue weighted by atomic mass is 16.5. The lowest BCUT2D eigenvalue weighted by atomic mass is 10.1. The Hall–Kier alpha value is -2.16. The van der Waals surface area contributed by atoms with Crippen molar-refractivity contribution in [2.45, 2.75) is 6.92 Å². The third-order valence-corrected chi connectivity index (χ3v) is 2.37. The van der Waals surface area contributed by atoms with Crippen LogP contribution in [0.4, 0.5) is 0 Å². The van der Waals surface area contributed by atoms with E-state index < -0.39 is 0 Å². The van der Waals surface area contributed by atoms with Gasteiger partial charge in [-0.2, -0.15) is 0 Å². The van der Waals surface area contributed by atoms with E-state index in [1.165, 1.54) is 0 Å². The van der Waals surface area contributed by atoms with Crippen molar-refractivity contribution in [1.82, 2.24) is 4.98 Å². The maximum atomic E-state index is 11.6. The van der Waals surface area contributed by atoms with E-state index in [0.29, 0.717) is 12.2 Å². The summed E-state index contributed by atoms with van der Waals surface area (Å²) in [5.74, 6) is -0.293. The summed E-state index contributed by atoms with van der Waals surface area (Å²) < 4.78 is 4.96. The molecule has 2 rings (SSSR count). The van der Waals surface area contributed by atoms with Crippen molar-refractivity contribution in [3.8, 4) is 11.1 Å². The molecule has 0 unspecified atom stereocenters. The monoisotopic (exact) mass is 227 g/mol. The molecular formula is C14H13NO2. The van der Waals surface area contributed by atoms with E-state index in [9.17, 15) is 4.79 Å². The Bertz CT molecular complexity index is 509. The molecule has 0 saturated carbocycles. The number of aromatic nitrogens is 1. The van der Waals surface area contributed by atoms with Crippen molar-refractivity contribution in [2.75, 3.05) is 6.61 Å². The van der Waals surface area contributed by atoms with Crippen LogP contribution in [0.3, 0.4) is 0 Å². The molecule has 0 radical (unpaired) electrons. The number of nitrogens with zero attached hydrogens (tertiary/aromatic N) is 1. The van der Waals surface area contributed by atoms with Gasteiger partial charge in [0.15, 0.2) is 0 Å². The van der Waals surface area contributed by atoms with E-state index in [1.807, 2.05) is 30.3 Å². The molecule has 1 heterocycles. The normalized spacial score (nSPS) is 9.94. The molecule has 86 valence electrons. The molecule has 3 nitrogen and oxygen atoms in total. The second-order valence-corrected chi connectivity index (χ2v) is 3.54. The zero-order chi connectivity index (χ0) is 12.1. The largest absolute Gasteiger partial charge is 0.462 e. The van der Waals surface area contributed by atoms with E-state index in [2.05, 4.69) is 4.98 Å². The number of pyridine rings is 1. The van der Waals surface area contributed by atoms with Crippen molar-refractivity contribution >= 4 is 5.97 Å². The highest BCUT2D eigenvalue weighted by molar-refractivity contribution is 5.91. The molecule has 1 aromatic heterocycles. The van der Waals surface area contributed by atoms with Crippen LogP contribution < -0.4 is 0 Å². The maximum absolute atomic E-state index is 11.6. The Morgan fingerprint density at radius 2 is 2.06 bits per heavy atom. The second-order valence-electron chi connectivity index (χ2n) is 3.54. The number of benzene rings is 1. The van der Waals surface area contributed by atoms with E-state index in [-0.39, 0.29) is 5.97 Å². The topological polar surface area (TPSA) is 39.2 Å². The van der Waals surface area contributed by atoms with E-state index in [4.69, 9.17) is 4.74 Å². The lowest BCUT2D eigenvalue weighted by molar-refractivity contribution is 0.0526. The molecule has 0 amide bonds. The summed E-state index contributed by atoms with van der Waals surface area (Å²) in [7, 11) is 0. The molecule has 0 aliphatic carbocycles. The Morgan fingerprint density at radius 3 is 2.76 bits per heavy atom. The van der Waals surface area contributed by atoms with Crippen molar-refractivity contribution in [3.05, 3.63) is 54.4 Å². The first kappa shape index (κ1) is 11.3. The first-order chi connectivity index (χ1) is 8.31. The maximum Gasteiger partial charge on any atom is 0.338 e. The zero-order valence-electron chi connectivity index (χ0n) is 9.59. The van der Waals surface area contributed by atoms with Gasteiger partial charge in [0.1, 0.15) is 0 Å². The van der Waals surface area contributed by atoms with E-state index in [1.54, 1.807) is 25.4 Å². The Balaban J connectivity index is 2.32. The molecule has 0 aliphatic heterocycles. The van der Waals surface area contributed by atoms with Crippen LogP contribution in [-0.2, 0) is 4.74 Å². The van der Waals surface area contributed by atoms with Gasteiger partial charge in [0, 0.05) is 18.0 Å². The van der Waals surface area contributed by atoms with Gasteiger partial charge in [0.05, 0.1) is 12.2 Å². The van der Waals surface area contributed by atoms with Gasteiger partial charge in [0.2, 0.25) is 0 Å². The molecule has 2 aromatic rings. The fourth-order valence-corrected chi connectivity index (χ4v) is 1.57. The average Bonchev–Trinajstić information content (AvgIpc) is 2.40. The minimum Gasteiger partial charge on any atom is -0.462 e. The van der Waals surface area contributed by atoms with Crippen LogP contribution in [0.5, 0.6) is 0 Å². The molecule has 0 spiro atoms. The standard InChI is InChI=1S/C14H13NO2/c1-2-17-14(16)12-6-3-5-11(9-12)13-7-4-8-15-10-13/h3-10H,2H2,1H3. The summed E-state index contributed by atoms with van der Waals surface area (Å²) >= 11 is 0. The van der Waals surface area contributed by atoms with Crippen molar-refractivity contribution < 1.29 is 9.53 Å². The number of hydrogen-bond donors (Lipinski definition) is 0. The number of esters is 1. The van der Waals surface area contributed by atoms with Crippen LogP contribution in [0.1, 0.15) is 17.3 Å². The average molecular weight is 227 g/mol. The Labute approximate surface area is 100 Å². The van der Waals surface area contributed by atoms with Crippen LogP contribution in [-0.4, -0.2) is 17.6 Å². The first-order valence-corrected chi connectivity index (χ1v) is 5.49. The molecule has 17 heavy (non-hydrogen) atoms. The van der Waals surface area contributed by atoms with E-state index in [0.717, 1.165) is 11.1 Å². The summed E-state index contributed by atoms with van der Waals surface area (Å²) in [6.07, 6.45) is 3.49. The lowest BCUT2D eigenvalue weighted by Crippen LogP contribution is -2.04. The summed E-state index contributed by atoms with van der Waals surface area (Å²) in [4.78, 5) is 15.6. The number of carbonyl (C=O) groups excluding carboxylic acids is 1. The Kier molecular flexibility index (Phi) is 3.50. The van der Waals surface area contributed by atoms with Gasteiger partial charge >= 0.3 is 5.97 Å². The lowest BCUT2D eigenvalue weighted by Gasteiger charge is -2.04. The summed E-state index contributed by atoms with van der Waals surface area (Å²) in [5, 5.41) is 0. The minimum absolute atomic E-state index is 0.293. The predicted octanol–water partition coefficient (Wildman–Crippen LogP) is 2.93. The van der Waals surface area contributed by atoms with Crippen molar-refractivity contribution in [1.29, 1.82) is 0 Å². The number of hydrogen-bond acceptors (Lipinski definition) is 3. The molecule has 1 aromatic carbocycles. The zero-order valence-corrected chi connectivity index (χ0v) is 9.59. The van der Waals surface area contributed by atoms with Gasteiger partial charge in [-0.3, -0.25) is 4.98 Å². The predicted molar refractivity (Wildman–Crippen MR) is 65.6 cm³/mol. The molecule has 0 bridgehead atoms. The van der Waals surface area contributed by atoms with Crippen molar-refractivity contribution in [2.24, 2.45) is 0 Å². The molecule has 0 aliphatic rings. The summed E-state index contributed by atoms with van der Waals surface area (Å²) in [6, 6.07) is 11.2. The third kappa shape index (κ3) is 2.69. The molecular weight excluding hydrogens is 214 g/mol. The number of carbonyl (C=O) groups is 1. The summed E-state index contributed by atoms with van der Waals surface area (Å²) in [5.41, 5.74) is 2.51. The quantitative estimate of drug-likeness (QED) is 0.757.